The van der Waals surface area contributed by atoms with Crippen molar-refractivity contribution in [3.63, 3.8) is 0 Å². The quantitative estimate of drug-likeness (QED) is 0.696. The molecular weight excluding hydrogens is 160 g/mol. The van der Waals surface area contributed by atoms with Gasteiger partial charge in [0.25, 0.3) is 0 Å². The van der Waals surface area contributed by atoms with Crippen LogP contribution in [0.5, 0.6) is 0 Å². The summed E-state index contributed by atoms with van der Waals surface area (Å²) in [6.07, 6.45) is 4.28. The molecule has 0 N–H and O–H groups in total. The Labute approximate surface area is 81.0 Å². The third-order valence-corrected chi connectivity index (χ3v) is 2.37. The van der Waals surface area contributed by atoms with Gasteiger partial charge in [-0.3, -0.25) is 4.68 Å². The molecule has 2 nitrogen and oxygen atoms in total. The molecule has 1 aromatic rings. The maximum atomic E-state index is 4.41. The van der Waals surface area contributed by atoms with Crippen LogP contribution in [0.15, 0.2) is 6.20 Å². The highest BCUT2D eigenvalue weighted by Crippen LogP contribution is 2.19. The Balaban J connectivity index is 2.96. The Morgan fingerprint density at radius 2 is 2.08 bits per heavy atom. The van der Waals surface area contributed by atoms with Gasteiger partial charge >= 0.3 is 0 Å². The fourth-order valence-corrected chi connectivity index (χ4v) is 1.70. The van der Waals surface area contributed by atoms with Gasteiger partial charge in [-0.2, -0.15) is 5.10 Å². The van der Waals surface area contributed by atoms with Crippen LogP contribution in [0.25, 0.3) is 0 Å². The molecule has 0 aliphatic rings. The summed E-state index contributed by atoms with van der Waals surface area (Å²) in [6.45, 7) is 9.90. The molecule has 0 aliphatic heterocycles. The Morgan fingerprint density at radius 3 is 2.54 bits per heavy atom. The van der Waals surface area contributed by atoms with Gasteiger partial charge < -0.3 is 0 Å². The van der Waals surface area contributed by atoms with Crippen LogP contribution in [0.1, 0.15) is 51.3 Å². The van der Waals surface area contributed by atoms with Crippen molar-refractivity contribution in [1.82, 2.24) is 9.78 Å². The summed E-state index contributed by atoms with van der Waals surface area (Å²) in [7, 11) is 0. The van der Waals surface area contributed by atoms with Crippen molar-refractivity contribution in [2.24, 2.45) is 0 Å². The third kappa shape index (κ3) is 2.11. The van der Waals surface area contributed by atoms with E-state index in [0.29, 0.717) is 5.92 Å². The molecule has 13 heavy (non-hydrogen) atoms. The average Bonchev–Trinajstić information content (AvgIpc) is 2.48. The van der Waals surface area contributed by atoms with Gasteiger partial charge in [-0.25, -0.2) is 0 Å². The second-order valence-electron chi connectivity index (χ2n) is 3.78. The van der Waals surface area contributed by atoms with Crippen LogP contribution < -0.4 is 0 Å². The zero-order valence-corrected chi connectivity index (χ0v) is 9.17. The second kappa shape index (κ2) is 4.45. The lowest BCUT2D eigenvalue weighted by molar-refractivity contribution is 0.574. The highest BCUT2D eigenvalue weighted by atomic mass is 15.3. The van der Waals surface area contributed by atoms with E-state index in [-0.39, 0.29) is 0 Å². The molecule has 0 saturated heterocycles. The average molecular weight is 180 g/mol. The highest BCUT2D eigenvalue weighted by Gasteiger charge is 2.10. The molecule has 0 fully saturated rings. The second-order valence-corrected chi connectivity index (χ2v) is 3.78. The SMILES string of the molecule is CCCn1ncc(C(C)C)c1CC. The van der Waals surface area contributed by atoms with E-state index < -0.39 is 0 Å². The summed E-state index contributed by atoms with van der Waals surface area (Å²) < 4.78 is 2.15. The first-order valence-electron chi connectivity index (χ1n) is 5.25. The van der Waals surface area contributed by atoms with Gasteiger partial charge in [0.1, 0.15) is 0 Å². The lowest BCUT2D eigenvalue weighted by atomic mass is 10.0. The molecule has 0 saturated carbocycles. The molecule has 1 rings (SSSR count). The van der Waals surface area contributed by atoms with Crippen LogP contribution in [-0.4, -0.2) is 9.78 Å². The molecule has 0 bridgehead atoms. The minimum atomic E-state index is 0.598. The van der Waals surface area contributed by atoms with Gasteiger partial charge in [-0.1, -0.05) is 27.7 Å². The smallest absolute Gasteiger partial charge is 0.0527 e. The number of aromatic nitrogens is 2. The molecule has 74 valence electrons. The Kier molecular flexibility index (Phi) is 3.52. The first-order valence-corrected chi connectivity index (χ1v) is 5.25. The van der Waals surface area contributed by atoms with Crippen molar-refractivity contribution in [2.75, 3.05) is 0 Å². The number of aryl methyl sites for hydroxylation is 1. The zero-order chi connectivity index (χ0) is 9.84. The fraction of sp³-hybridized carbons (Fsp3) is 0.727. The third-order valence-electron chi connectivity index (χ3n) is 2.37. The first-order chi connectivity index (χ1) is 6.20. The lowest BCUT2D eigenvalue weighted by Gasteiger charge is -2.08. The van der Waals surface area contributed by atoms with E-state index in [1.807, 2.05) is 6.20 Å². The van der Waals surface area contributed by atoms with Crippen molar-refractivity contribution >= 4 is 0 Å². The number of hydrogen-bond donors (Lipinski definition) is 0. The summed E-state index contributed by atoms with van der Waals surface area (Å²) in [4.78, 5) is 0. The number of rotatable bonds is 4. The molecule has 1 aromatic heterocycles. The van der Waals surface area contributed by atoms with E-state index in [1.54, 1.807) is 0 Å². The molecule has 1 heterocycles. The molecule has 0 atom stereocenters. The predicted octanol–water partition coefficient (Wildman–Crippen LogP) is 2.98. The van der Waals surface area contributed by atoms with Crippen molar-refractivity contribution in [3.05, 3.63) is 17.5 Å². The maximum absolute atomic E-state index is 4.41. The van der Waals surface area contributed by atoms with Gasteiger partial charge in [0.05, 0.1) is 6.20 Å². The monoisotopic (exact) mass is 180 g/mol. The van der Waals surface area contributed by atoms with Crippen LogP contribution in [0.4, 0.5) is 0 Å². The Morgan fingerprint density at radius 1 is 1.38 bits per heavy atom. The predicted molar refractivity (Wildman–Crippen MR) is 56.0 cm³/mol. The van der Waals surface area contributed by atoms with E-state index in [0.717, 1.165) is 19.4 Å². The standard InChI is InChI=1S/C11H20N2/c1-5-7-13-11(6-2)10(8-12-13)9(3)4/h8-9H,5-7H2,1-4H3. The Hall–Kier alpha value is -0.790. The van der Waals surface area contributed by atoms with E-state index in [4.69, 9.17) is 0 Å². The van der Waals surface area contributed by atoms with Crippen molar-refractivity contribution in [1.29, 1.82) is 0 Å². The molecule has 0 radical (unpaired) electrons. The zero-order valence-electron chi connectivity index (χ0n) is 9.17. The van der Waals surface area contributed by atoms with Crippen LogP contribution in [0.3, 0.4) is 0 Å². The molecular formula is C11H20N2. The number of nitrogens with zero attached hydrogens (tertiary/aromatic N) is 2. The number of hydrogen-bond acceptors (Lipinski definition) is 1. The van der Waals surface area contributed by atoms with Gasteiger partial charge in [-0.15, -0.1) is 0 Å². The minimum Gasteiger partial charge on any atom is -0.269 e. The molecule has 2 heteroatoms. The van der Waals surface area contributed by atoms with Crippen LogP contribution in [-0.2, 0) is 13.0 Å². The van der Waals surface area contributed by atoms with Crippen molar-refractivity contribution < 1.29 is 0 Å². The van der Waals surface area contributed by atoms with Crippen LogP contribution in [0.2, 0.25) is 0 Å². The molecule has 0 aromatic carbocycles. The summed E-state index contributed by atoms with van der Waals surface area (Å²) in [5.74, 6) is 0.598. The maximum Gasteiger partial charge on any atom is 0.0527 e. The van der Waals surface area contributed by atoms with E-state index in [2.05, 4.69) is 37.5 Å². The topological polar surface area (TPSA) is 17.8 Å². The van der Waals surface area contributed by atoms with E-state index in [1.165, 1.54) is 11.3 Å². The van der Waals surface area contributed by atoms with Gasteiger partial charge in [-0.05, 0) is 24.3 Å². The molecule has 0 spiro atoms. The normalized spacial score (nSPS) is 11.2. The fourth-order valence-electron chi connectivity index (χ4n) is 1.70. The van der Waals surface area contributed by atoms with Crippen molar-refractivity contribution in [2.45, 2.75) is 53.0 Å². The van der Waals surface area contributed by atoms with Crippen molar-refractivity contribution in [3.8, 4) is 0 Å². The summed E-state index contributed by atoms with van der Waals surface area (Å²) in [6, 6.07) is 0. The van der Waals surface area contributed by atoms with Gasteiger partial charge in [0, 0.05) is 12.2 Å². The lowest BCUT2D eigenvalue weighted by Crippen LogP contribution is -2.05. The molecule has 0 unspecified atom stereocenters. The molecule has 0 aliphatic carbocycles. The first kappa shape index (κ1) is 10.3. The molecule has 0 amide bonds. The van der Waals surface area contributed by atoms with E-state index in [9.17, 15) is 0 Å². The van der Waals surface area contributed by atoms with Crippen LogP contribution >= 0.6 is 0 Å². The highest BCUT2D eigenvalue weighted by molar-refractivity contribution is 5.21. The van der Waals surface area contributed by atoms with E-state index >= 15 is 0 Å². The minimum absolute atomic E-state index is 0.598. The Bertz CT molecular complexity index is 261. The van der Waals surface area contributed by atoms with Gasteiger partial charge in [0.15, 0.2) is 0 Å². The van der Waals surface area contributed by atoms with Crippen LogP contribution in [0, 0.1) is 0 Å². The summed E-state index contributed by atoms with van der Waals surface area (Å²) >= 11 is 0. The largest absolute Gasteiger partial charge is 0.269 e. The summed E-state index contributed by atoms with van der Waals surface area (Å²) in [5, 5.41) is 4.41. The summed E-state index contributed by atoms with van der Waals surface area (Å²) in [5.41, 5.74) is 2.83. The van der Waals surface area contributed by atoms with Gasteiger partial charge in [0.2, 0.25) is 0 Å².